The summed E-state index contributed by atoms with van der Waals surface area (Å²) < 4.78 is 18.0. The number of benzene rings is 2. The number of nitrogens with one attached hydrogen (secondary N) is 2. The molecule has 0 aromatic heterocycles. The zero-order valence-corrected chi connectivity index (χ0v) is 12.9. The van der Waals surface area contributed by atoms with Gasteiger partial charge in [-0.25, -0.2) is 9.82 Å². The average molecular weight is 315 g/mol. The summed E-state index contributed by atoms with van der Waals surface area (Å²) in [5.74, 6) is 0.0389. The summed E-state index contributed by atoms with van der Waals surface area (Å²) in [6.07, 6.45) is 1.45. The van der Waals surface area contributed by atoms with Crippen LogP contribution in [0.15, 0.2) is 53.6 Å². The van der Waals surface area contributed by atoms with E-state index in [1.54, 1.807) is 32.2 Å². The molecule has 120 valence electrons. The van der Waals surface area contributed by atoms with Crippen LogP contribution in [0.2, 0.25) is 0 Å². The van der Waals surface area contributed by atoms with Gasteiger partial charge in [-0.05, 0) is 36.8 Å². The van der Waals surface area contributed by atoms with Crippen molar-refractivity contribution in [3.05, 3.63) is 59.9 Å². The van der Waals surface area contributed by atoms with Crippen LogP contribution in [0, 0.1) is 5.82 Å². The third-order valence-electron chi connectivity index (χ3n) is 3.13. The molecule has 2 aromatic rings. The number of hydrogen-bond donors (Lipinski definition) is 2. The lowest BCUT2D eigenvalue weighted by Crippen LogP contribution is -2.35. The molecule has 2 aromatic carbocycles. The minimum absolute atomic E-state index is 0.297. The van der Waals surface area contributed by atoms with Crippen LogP contribution >= 0.6 is 0 Å². The van der Waals surface area contributed by atoms with Gasteiger partial charge < -0.3 is 10.1 Å². The second-order valence-electron chi connectivity index (χ2n) is 4.85. The Hall–Kier alpha value is -2.89. The highest BCUT2D eigenvalue weighted by molar-refractivity contribution is 5.86. The number of nitrogens with zero attached hydrogens (tertiary/aromatic N) is 1. The molecule has 0 aliphatic heterocycles. The lowest BCUT2D eigenvalue weighted by Gasteiger charge is -2.15. The number of hydrazone groups is 1. The van der Waals surface area contributed by atoms with Gasteiger partial charge in [-0.1, -0.05) is 24.3 Å². The van der Waals surface area contributed by atoms with E-state index in [1.807, 2.05) is 18.2 Å². The highest BCUT2D eigenvalue weighted by Crippen LogP contribution is 2.23. The average Bonchev–Trinajstić information content (AvgIpc) is 2.57. The minimum atomic E-state index is -0.503. The topological polar surface area (TPSA) is 62.7 Å². The maximum atomic E-state index is 12.8. The Kier molecular flexibility index (Phi) is 5.68. The van der Waals surface area contributed by atoms with Gasteiger partial charge in [-0.3, -0.25) is 4.79 Å². The van der Waals surface area contributed by atoms with Gasteiger partial charge in [-0.2, -0.15) is 5.10 Å². The van der Waals surface area contributed by atoms with Crippen molar-refractivity contribution in [1.29, 1.82) is 0 Å². The molecule has 0 heterocycles. The number of rotatable bonds is 6. The first-order valence-corrected chi connectivity index (χ1v) is 7.08. The van der Waals surface area contributed by atoms with Crippen LogP contribution in [0.5, 0.6) is 5.75 Å². The SMILES string of the molecule is COc1ccccc1N[C@H](C)C(=O)N/N=C\c1ccc(F)cc1. The lowest BCUT2D eigenvalue weighted by atomic mass is 10.2. The van der Waals surface area contributed by atoms with Gasteiger partial charge in [0.1, 0.15) is 17.6 Å². The number of amides is 1. The number of methoxy groups -OCH3 is 1. The summed E-state index contributed by atoms with van der Waals surface area (Å²) in [4.78, 5) is 12.0. The number of halogens is 1. The van der Waals surface area contributed by atoms with Crippen LogP contribution in [0.25, 0.3) is 0 Å². The first-order chi connectivity index (χ1) is 11.1. The normalized spacial score (nSPS) is 12.0. The molecule has 1 amide bonds. The third-order valence-corrected chi connectivity index (χ3v) is 3.13. The van der Waals surface area contributed by atoms with Crippen molar-refractivity contribution in [2.24, 2.45) is 5.10 Å². The molecule has 23 heavy (non-hydrogen) atoms. The molecule has 0 fully saturated rings. The van der Waals surface area contributed by atoms with Crippen molar-refractivity contribution in [3.8, 4) is 5.75 Å². The molecule has 0 spiro atoms. The Balaban J connectivity index is 1.91. The number of anilines is 1. The fourth-order valence-corrected chi connectivity index (χ4v) is 1.88. The van der Waals surface area contributed by atoms with Crippen molar-refractivity contribution >= 4 is 17.8 Å². The summed E-state index contributed by atoms with van der Waals surface area (Å²) in [5.41, 5.74) is 3.85. The van der Waals surface area contributed by atoms with Gasteiger partial charge in [0, 0.05) is 0 Å². The van der Waals surface area contributed by atoms with E-state index in [9.17, 15) is 9.18 Å². The fraction of sp³-hybridized carbons (Fsp3) is 0.176. The highest BCUT2D eigenvalue weighted by atomic mass is 19.1. The van der Waals surface area contributed by atoms with Gasteiger partial charge in [0.25, 0.3) is 5.91 Å². The molecule has 0 saturated carbocycles. The Morgan fingerprint density at radius 2 is 1.91 bits per heavy atom. The Bertz CT molecular complexity index is 686. The summed E-state index contributed by atoms with van der Waals surface area (Å²) in [5, 5.41) is 6.92. The predicted molar refractivity (Wildman–Crippen MR) is 88.2 cm³/mol. The molecule has 0 saturated heterocycles. The number of hydrogen-bond acceptors (Lipinski definition) is 4. The van der Waals surface area contributed by atoms with E-state index in [0.29, 0.717) is 11.3 Å². The quantitative estimate of drug-likeness (QED) is 0.636. The molecule has 1 atom stereocenters. The van der Waals surface area contributed by atoms with E-state index < -0.39 is 6.04 Å². The molecule has 6 heteroatoms. The Morgan fingerprint density at radius 3 is 2.61 bits per heavy atom. The van der Waals surface area contributed by atoms with E-state index in [-0.39, 0.29) is 11.7 Å². The van der Waals surface area contributed by atoms with E-state index in [4.69, 9.17) is 4.74 Å². The van der Waals surface area contributed by atoms with Crippen LogP contribution in [0.3, 0.4) is 0 Å². The van der Waals surface area contributed by atoms with Gasteiger partial charge in [0.05, 0.1) is 19.0 Å². The van der Waals surface area contributed by atoms with Crippen molar-refractivity contribution in [1.82, 2.24) is 5.43 Å². The Labute approximate surface area is 134 Å². The standard InChI is InChI=1S/C17H18FN3O2/c1-12(20-15-5-3-4-6-16(15)23-2)17(22)21-19-11-13-7-9-14(18)10-8-13/h3-12,20H,1-2H3,(H,21,22)/b19-11-/t12-/m1/s1. The van der Waals surface area contributed by atoms with E-state index in [0.717, 1.165) is 5.69 Å². The number of carbonyl (C=O) groups is 1. The first kappa shape index (κ1) is 16.5. The van der Waals surface area contributed by atoms with Crippen LogP contribution in [0.1, 0.15) is 12.5 Å². The van der Waals surface area contributed by atoms with Crippen LogP contribution in [-0.2, 0) is 4.79 Å². The van der Waals surface area contributed by atoms with Crippen LogP contribution < -0.4 is 15.5 Å². The predicted octanol–water partition coefficient (Wildman–Crippen LogP) is 2.79. The second kappa shape index (κ2) is 7.93. The highest BCUT2D eigenvalue weighted by Gasteiger charge is 2.13. The number of carbonyl (C=O) groups excluding carboxylic acids is 1. The molecule has 5 nitrogen and oxygen atoms in total. The summed E-state index contributed by atoms with van der Waals surface area (Å²) in [6.45, 7) is 1.72. The zero-order valence-electron chi connectivity index (χ0n) is 12.9. The smallest absolute Gasteiger partial charge is 0.262 e. The van der Waals surface area contributed by atoms with Crippen molar-refractivity contribution in [3.63, 3.8) is 0 Å². The van der Waals surface area contributed by atoms with Crippen molar-refractivity contribution in [2.45, 2.75) is 13.0 Å². The van der Waals surface area contributed by atoms with Gasteiger partial charge in [0.2, 0.25) is 0 Å². The van der Waals surface area contributed by atoms with Crippen molar-refractivity contribution < 1.29 is 13.9 Å². The van der Waals surface area contributed by atoms with Crippen LogP contribution in [-0.4, -0.2) is 25.3 Å². The summed E-state index contributed by atoms with van der Waals surface area (Å²) in [7, 11) is 1.57. The third kappa shape index (κ3) is 4.81. The number of ether oxygens (including phenoxy) is 1. The second-order valence-corrected chi connectivity index (χ2v) is 4.85. The fourth-order valence-electron chi connectivity index (χ4n) is 1.88. The molecular formula is C17H18FN3O2. The monoisotopic (exact) mass is 315 g/mol. The van der Waals surface area contributed by atoms with Crippen molar-refractivity contribution in [2.75, 3.05) is 12.4 Å². The Morgan fingerprint density at radius 1 is 1.22 bits per heavy atom. The maximum Gasteiger partial charge on any atom is 0.262 e. The molecule has 0 unspecified atom stereocenters. The van der Waals surface area contributed by atoms with Gasteiger partial charge in [0.15, 0.2) is 0 Å². The largest absolute Gasteiger partial charge is 0.495 e. The van der Waals surface area contributed by atoms with Gasteiger partial charge in [-0.15, -0.1) is 0 Å². The maximum absolute atomic E-state index is 12.8. The van der Waals surface area contributed by atoms with E-state index in [2.05, 4.69) is 15.8 Å². The first-order valence-electron chi connectivity index (χ1n) is 7.08. The minimum Gasteiger partial charge on any atom is -0.495 e. The molecule has 0 radical (unpaired) electrons. The number of para-hydroxylation sites is 2. The van der Waals surface area contributed by atoms with E-state index in [1.165, 1.54) is 18.3 Å². The molecule has 0 bridgehead atoms. The lowest BCUT2D eigenvalue weighted by molar-refractivity contribution is -0.121. The zero-order chi connectivity index (χ0) is 16.7. The molecule has 2 N–H and O–H groups in total. The molecule has 2 rings (SSSR count). The summed E-state index contributed by atoms with van der Waals surface area (Å²) in [6, 6.07) is 12.6. The van der Waals surface area contributed by atoms with E-state index >= 15 is 0 Å². The molecule has 0 aliphatic rings. The van der Waals surface area contributed by atoms with Gasteiger partial charge >= 0.3 is 0 Å². The summed E-state index contributed by atoms with van der Waals surface area (Å²) >= 11 is 0. The molecule has 0 aliphatic carbocycles. The molecular weight excluding hydrogens is 297 g/mol. The van der Waals surface area contributed by atoms with Crippen LogP contribution in [0.4, 0.5) is 10.1 Å².